The molecule has 34 heavy (non-hydrogen) atoms. The summed E-state index contributed by atoms with van der Waals surface area (Å²) in [4.78, 5) is 26.6. The largest absolute Gasteiger partial charge is 0.496 e. The SMILES string of the molecule is COc1cc(C)ccc1[C@@H]1CN(C(=O)OCC2c3ccccc3-c3ccccc32)C[C@H]1C(=O)O. The maximum atomic E-state index is 13.1. The number of ether oxygens (including phenoxy) is 2. The number of fused-ring (bicyclic) bond motifs is 3. The molecule has 0 unspecified atom stereocenters. The highest BCUT2D eigenvalue weighted by molar-refractivity contribution is 5.79. The number of methoxy groups -OCH3 is 1. The van der Waals surface area contributed by atoms with Gasteiger partial charge in [0, 0.05) is 24.9 Å². The molecule has 1 aliphatic heterocycles. The maximum Gasteiger partial charge on any atom is 0.409 e. The van der Waals surface area contributed by atoms with Gasteiger partial charge in [-0.05, 0) is 46.4 Å². The van der Waals surface area contributed by atoms with Gasteiger partial charge in [0.15, 0.2) is 0 Å². The van der Waals surface area contributed by atoms with Crippen molar-refractivity contribution in [2.75, 3.05) is 26.8 Å². The zero-order valence-electron chi connectivity index (χ0n) is 19.2. The van der Waals surface area contributed by atoms with Gasteiger partial charge in [-0.25, -0.2) is 4.79 Å². The highest BCUT2D eigenvalue weighted by Crippen LogP contribution is 2.45. The minimum atomic E-state index is -0.929. The van der Waals surface area contributed by atoms with Crippen molar-refractivity contribution in [3.8, 4) is 16.9 Å². The van der Waals surface area contributed by atoms with Gasteiger partial charge in [0.2, 0.25) is 0 Å². The van der Waals surface area contributed by atoms with Crippen LogP contribution in [0.15, 0.2) is 66.7 Å². The van der Waals surface area contributed by atoms with E-state index in [9.17, 15) is 14.7 Å². The van der Waals surface area contributed by atoms with E-state index in [2.05, 4.69) is 24.3 Å². The van der Waals surface area contributed by atoms with E-state index in [0.717, 1.165) is 33.4 Å². The fourth-order valence-corrected chi connectivity index (χ4v) is 5.33. The summed E-state index contributed by atoms with van der Waals surface area (Å²) in [5.74, 6) is -1.42. The molecule has 3 aromatic rings. The van der Waals surface area contributed by atoms with Crippen LogP contribution in [0.25, 0.3) is 11.1 Å². The quantitative estimate of drug-likeness (QED) is 0.580. The van der Waals surface area contributed by atoms with Crippen LogP contribution in [0.5, 0.6) is 5.75 Å². The standard InChI is InChI=1S/C28H27NO5/c1-17-11-12-22(26(13-17)33-2)23-14-29(15-24(23)27(30)31)28(32)34-16-25-20-9-5-3-7-18(20)19-8-4-6-10-21(19)25/h3-13,23-25H,14-16H2,1-2H3,(H,30,31)/t23-,24+/m0/s1. The van der Waals surface area contributed by atoms with E-state index in [1.807, 2.05) is 49.4 Å². The molecule has 2 atom stereocenters. The molecule has 1 N–H and O–H groups in total. The number of carboxylic acid groups (broad SMARTS) is 1. The lowest BCUT2D eigenvalue weighted by Crippen LogP contribution is -2.31. The number of nitrogens with zero attached hydrogens (tertiary/aromatic N) is 1. The van der Waals surface area contributed by atoms with E-state index < -0.39 is 18.0 Å². The number of carbonyl (C=O) groups is 2. The molecule has 5 rings (SSSR count). The summed E-state index contributed by atoms with van der Waals surface area (Å²) in [5, 5.41) is 9.86. The molecule has 174 valence electrons. The van der Waals surface area contributed by atoms with Crippen LogP contribution in [-0.4, -0.2) is 48.9 Å². The molecule has 0 saturated carbocycles. The van der Waals surface area contributed by atoms with Crippen LogP contribution in [0.4, 0.5) is 4.79 Å². The highest BCUT2D eigenvalue weighted by atomic mass is 16.6. The van der Waals surface area contributed by atoms with Gasteiger partial charge < -0.3 is 19.5 Å². The summed E-state index contributed by atoms with van der Waals surface area (Å²) in [5.41, 5.74) is 6.44. The van der Waals surface area contributed by atoms with Crippen LogP contribution in [0, 0.1) is 12.8 Å². The van der Waals surface area contributed by atoms with Crippen molar-refractivity contribution in [3.63, 3.8) is 0 Å². The maximum absolute atomic E-state index is 13.1. The second-order valence-corrected chi connectivity index (χ2v) is 9.01. The Hall–Kier alpha value is -3.80. The summed E-state index contributed by atoms with van der Waals surface area (Å²) in [6, 6.07) is 22.1. The van der Waals surface area contributed by atoms with Crippen molar-refractivity contribution in [1.29, 1.82) is 0 Å². The average Bonchev–Trinajstić information content (AvgIpc) is 3.43. The van der Waals surface area contributed by atoms with Crippen molar-refractivity contribution in [2.24, 2.45) is 5.92 Å². The Labute approximate surface area is 198 Å². The Morgan fingerprint density at radius 3 is 2.21 bits per heavy atom. The summed E-state index contributed by atoms with van der Waals surface area (Å²) < 4.78 is 11.3. The molecular weight excluding hydrogens is 430 g/mol. The van der Waals surface area contributed by atoms with Crippen molar-refractivity contribution in [3.05, 3.63) is 89.0 Å². The molecule has 1 amide bonds. The lowest BCUT2D eigenvalue weighted by Gasteiger charge is -2.20. The fourth-order valence-electron chi connectivity index (χ4n) is 5.33. The number of carbonyl (C=O) groups excluding carboxylic acids is 1. The highest BCUT2D eigenvalue weighted by Gasteiger charge is 2.42. The minimum absolute atomic E-state index is 0.0396. The Kier molecular flexibility index (Phi) is 5.74. The predicted octanol–water partition coefficient (Wildman–Crippen LogP) is 5.05. The van der Waals surface area contributed by atoms with E-state index in [4.69, 9.17) is 9.47 Å². The van der Waals surface area contributed by atoms with E-state index in [0.29, 0.717) is 5.75 Å². The first kappa shape index (κ1) is 22.0. The number of rotatable bonds is 5. The van der Waals surface area contributed by atoms with Crippen LogP contribution < -0.4 is 4.74 Å². The number of hydrogen-bond donors (Lipinski definition) is 1. The lowest BCUT2D eigenvalue weighted by atomic mass is 9.88. The molecule has 3 aromatic carbocycles. The van der Waals surface area contributed by atoms with Crippen LogP contribution in [0.2, 0.25) is 0 Å². The van der Waals surface area contributed by atoms with Crippen molar-refractivity contribution in [2.45, 2.75) is 18.8 Å². The van der Waals surface area contributed by atoms with Gasteiger partial charge in [0.05, 0.1) is 13.0 Å². The van der Waals surface area contributed by atoms with Crippen LogP contribution in [0.1, 0.15) is 34.1 Å². The number of aliphatic carboxylic acids is 1. The van der Waals surface area contributed by atoms with Crippen molar-refractivity contribution in [1.82, 2.24) is 4.90 Å². The molecule has 2 aliphatic rings. The third kappa shape index (κ3) is 3.79. The van der Waals surface area contributed by atoms with Crippen molar-refractivity contribution < 1.29 is 24.2 Å². The molecule has 6 nitrogen and oxygen atoms in total. The van der Waals surface area contributed by atoms with Gasteiger partial charge in [-0.1, -0.05) is 60.7 Å². The Morgan fingerprint density at radius 2 is 1.59 bits per heavy atom. The van der Waals surface area contributed by atoms with Crippen LogP contribution in [0.3, 0.4) is 0 Å². The number of amides is 1. The third-order valence-electron chi connectivity index (χ3n) is 7.02. The Morgan fingerprint density at radius 1 is 0.941 bits per heavy atom. The first-order chi connectivity index (χ1) is 16.5. The topological polar surface area (TPSA) is 76.1 Å². The van der Waals surface area contributed by atoms with Gasteiger partial charge >= 0.3 is 12.1 Å². The molecule has 1 fully saturated rings. The lowest BCUT2D eigenvalue weighted by molar-refractivity contribution is -0.141. The first-order valence-electron chi connectivity index (χ1n) is 11.4. The molecule has 1 saturated heterocycles. The number of likely N-dealkylation sites (tertiary alicyclic amines) is 1. The first-order valence-corrected chi connectivity index (χ1v) is 11.4. The molecular formula is C28H27NO5. The number of carboxylic acids is 1. The minimum Gasteiger partial charge on any atom is -0.496 e. The van der Waals surface area contributed by atoms with Crippen LogP contribution >= 0.6 is 0 Å². The van der Waals surface area contributed by atoms with Crippen LogP contribution in [-0.2, 0) is 9.53 Å². The molecule has 0 radical (unpaired) electrons. The number of aryl methyl sites for hydroxylation is 1. The third-order valence-corrected chi connectivity index (χ3v) is 7.02. The number of benzene rings is 3. The second-order valence-electron chi connectivity index (χ2n) is 9.01. The molecule has 0 aromatic heterocycles. The molecule has 0 spiro atoms. The zero-order chi connectivity index (χ0) is 23.8. The van der Waals surface area contributed by atoms with Gasteiger partial charge in [-0.2, -0.15) is 0 Å². The normalized spacial score (nSPS) is 18.9. The van der Waals surface area contributed by atoms with Gasteiger partial charge in [-0.3, -0.25) is 4.79 Å². The summed E-state index contributed by atoms with van der Waals surface area (Å²) in [6.07, 6.45) is -0.485. The summed E-state index contributed by atoms with van der Waals surface area (Å²) >= 11 is 0. The van der Waals surface area contributed by atoms with E-state index in [1.54, 1.807) is 7.11 Å². The summed E-state index contributed by atoms with van der Waals surface area (Å²) in [7, 11) is 1.58. The number of hydrogen-bond acceptors (Lipinski definition) is 4. The van der Waals surface area contributed by atoms with Gasteiger partial charge in [-0.15, -0.1) is 0 Å². The van der Waals surface area contributed by atoms with E-state index >= 15 is 0 Å². The predicted molar refractivity (Wildman–Crippen MR) is 128 cm³/mol. The summed E-state index contributed by atoms with van der Waals surface area (Å²) in [6.45, 7) is 2.54. The molecule has 0 bridgehead atoms. The van der Waals surface area contributed by atoms with Gasteiger partial charge in [0.1, 0.15) is 12.4 Å². The van der Waals surface area contributed by atoms with E-state index in [-0.39, 0.29) is 31.5 Å². The molecule has 1 aliphatic carbocycles. The smallest absolute Gasteiger partial charge is 0.409 e. The second kappa shape index (κ2) is 8.86. The van der Waals surface area contributed by atoms with Crippen molar-refractivity contribution >= 4 is 12.1 Å². The Bertz CT molecular complexity index is 1210. The Balaban J connectivity index is 1.34. The monoisotopic (exact) mass is 457 g/mol. The van der Waals surface area contributed by atoms with Gasteiger partial charge in [0.25, 0.3) is 0 Å². The zero-order valence-corrected chi connectivity index (χ0v) is 19.2. The van der Waals surface area contributed by atoms with E-state index in [1.165, 1.54) is 4.90 Å². The fraction of sp³-hybridized carbons (Fsp3) is 0.286. The molecule has 6 heteroatoms. The average molecular weight is 458 g/mol. The molecule has 1 heterocycles.